The van der Waals surface area contributed by atoms with Gasteiger partial charge in [-0.3, -0.25) is 4.57 Å². The third kappa shape index (κ3) is 4.15. The van der Waals surface area contributed by atoms with Gasteiger partial charge >= 0.3 is 0 Å². The highest BCUT2D eigenvalue weighted by atomic mass is 35.5. The molecule has 9 rings (SSSR count). The van der Waals surface area contributed by atoms with Gasteiger partial charge in [0.05, 0.1) is 32.8 Å². The van der Waals surface area contributed by atoms with E-state index in [0.717, 1.165) is 55.4 Å². The minimum absolute atomic E-state index is 0.379. The van der Waals surface area contributed by atoms with Crippen molar-refractivity contribution in [2.24, 2.45) is 0 Å². The van der Waals surface area contributed by atoms with Gasteiger partial charge in [-0.05, 0) is 59.7 Å². The second-order valence-electron chi connectivity index (χ2n) is 11.3. The first-order chi connectivity index (χ1) is 22.7. The average Bonchev–Trinajstić information content (AvgIpc) is 3.58. The Morgan fingerprint density at radius 2 is 1.02 bits per heavy atom. The first-order valence-electron chi connectivity index (χ1n) is 15.1. The van der Waals surface area contributed by atoms with Gasteiger partial charge in [-0.2, -0.15) is 0 Å². The molecule has 6 heteroatoms. The lowest BCUT2D eigenvalue weighted by molar-refractivity contribution is 0.985. The second-order valence-corrected chi connectivity index (χ2v) is 12.1. The van der Waals surface area contributed by atoms with Gasteiger partial charge in [0.1, 0.15) is 5.15 Å². The minimum Gasteiger partial charge on any atom is -0.309 e. The monoisotopic (exact) mass is 630 g/mol. The quantitative estimate of drug-likeness (QED) is 0.194. The van der Waals surface area contributed by atoms with Crippen LogP contribution in [0, 0.1) is 0 Å². The molecule has 3 heterocycles. The average molecular weight is 632 g/mol. The van der Waals surface area contributed by atoms with Crippen molar-refractivity contribution >= 4 is 66.8 Å². The Bertz CT molecular complexity index is 2600. The van der Waals surface area contributed by atoms with Crippen LogP contribution >= 0.6 is 23.2 Å². The van der Waals surface area contributed by atoms with Gasteiger partial charge in [0.25, 0.3) is 0 Å². The normalized spacial score (nSPS) is 11.7. The van der Waals surface area contributed by atoms with Crippen molar-refractivity contribution in [2.75, 3.05) is 0 Å². The molecule has 6 aromatic carbocycles. The zero-order valence-corrected chi connectivity index (χ0v) is 25.9. The van der Waals surface area contributed by atoms with Crippen molar-refractivity contribution in [1.82, 2.24) is 19.1 Å². The molecular formula is C40H24Cl2N4. The van der Waals surface area contributed by atoms with Gasteiger partial charge in [0.2, 0.25) is 5.95 Å². The van der Waals surface area contributed by atoms with Crippen LogP contribution in [0.2, 0.25) is 10.2 Å². The molecule has 218 valence electrons. The summed E-state index contributed by atoms with van der Waals surface area (Å²) in [4.78, 5) is 9.98. The number of aromatic nitrogens is 4. The number of para-hydroxylation sites is 3. The van der Waals surface area contributed by atoms with Crippen LogP contribution in [-0.2, 0) is 0 Å². The van der Waals surface area contributed by atoms with Crippen LogP contribution in [0.1, 0.15) is 0 Å². The second kappa shape index (κ2) is 10.6. The van der Waals surface area contributed by atoms with Crippen LogP contribution in [0.25, 0.3) is 77.6 Å². The Hall–Kier alpha value is -5.42. The fraction of sp³-hybridized carbons (Fsp3) is 0. The van der Waals surface area contributed by atoms with Gasteiger partial charge in [-0.15, -0.1) is 0 Å². The molecular weight excluding hydrogens is 607 g/mol. The molecule has 0 fully saturated rings. The van der Waals surface area contributed by atoms with Gasteiger partial charge in [0, 0.05) is 32.8 Å². The summed E-state index contributed by atoms with van der Waals surface area (Å²) >= 11 is 13.9. The fourth-order valence-electron chi connectivity index (χ4n) is 6.59. The third-order valence-electron chi connectivity index (χ3n) is 8.71. The van der Waals surface area contributed by atoms with Gasteiger partial charge in [0.15, 0.2) is 0 Å². The molecule has 0 bridgehead atoms. The fourth-order valence-corrected chi connectivity index (χ4v) is 7.09. The molecule has 9 aromatic rings. The topological polar surface area (TPSA) is 35.6 Å². The molecule has 0 aliphatic carbocycles. The number of hydrogen-bond donors (Lipinski definition) is 0. The lowest BCUT2D eigenvalue weighted by Gasteiger charge is -2.11. The molecule has 3 aromatic heterocycles. The Labute approximate surface area is 274 Å². The van der Waals surface area contributed by atoms with Crippen LogP contribution in [0.3, 0.4) is 0 Å². The van der Waals surface area contributed by atoms with E-state index >= 15 is 0 Å². The lowest BCUT2D eigenvalue weighted by atomic mass is 10.0. The van der Waals surface area contributed by atoms with E-state index in [-0.39, 0.29) is 0 Å². The van der Waals surface area contributed by atoms with Crippen molar-refractivity contribution in [3.05, 3.63) is 156 Å². The van der Waals surface area contributed by atoms with Crippen molar-refractivity contribution in [3.8, 4) is 34.0 Å². The number of benzene rings is 6. The summed E-state index contributed by atoms with van der Waals surface area (Å²) < 4.78 is 4.17. The van der Waals surface area contributed by atoms with Crippen molar-refractivity contribution in [3.63, 3.8) is 0 Å². The number of halogens is 2. The summed E-state index contributed by atoms with van der Waals surface area (Å²) in [5.41, 5.74) is 9.14. The number of rotatable bonds is 4. The van der Waals surface area contributed by atoms with E-state index in [1.165, 1.54) is 16.3 Å². The van der Waals surface area contributed by atoms with Crippen LogP contribution in [0.5, 0.6) is 0 Å². The predicted octanol–water partition coefficient (Wildman–Crippen LogP) is 11.3. The number of fused-ring (bicyclic) bond motifs is 5. The molecule has 4 nitrogen and oxygen atoms in total. The van der Waals surface area contributed by atoms with Crippen LogP contribution in [0.15, 0.2) is 146 Å². The van der Waals surface area contributed by atoms with Gasteiger partial charge in [-0.25, -0.2) is 9.97 Å². The van der Waals surface area contributed by atoms with E-state index in [0.29, 0.717) is 16.1 Å². The highest BCUT2D eigenvalue weighted by molar-refractivity contribution is 6.45. The SMILES string of the molecule is Clc1c(Cl)n(-c2nc(-c3ccccc3)c3ccccc3n2)c2ccc(-c3ccc4c(c3)c3ccccc3n4-c3ccccc3)cc12. The largest absolute Gasteiger partial charge is 0.309 e. The van der Waals surface area contributed by atoms with Crippen LogP contribution in [-0.4, -0.2) is 19.1 Å². The van der Waals surface area contributed by atoms with Gasteiger partial charge in [-0.1, -0.05) is 120 Å². The van der Waals surface area contributed by atoms with Crippen molar-refractivity contribution in [2.45, 2.75) is 0 Å². The summed E-state index contributed by atoms with van der Waals surface area (Å²) in [6.45, 7) is 0. The number of hydrogen-bond acceptors (Lipinski definition) is 2. The molecule has 0 saturated carbocycles. The minimum atomic E-state index is 0.379. The molecule has 0 unspecified atom stereocenters. The molecule has 0 radical (unpaired) electrons. The zero-order valence-electron chi connectivity index (χ0n) is 24.4. The summed E-state index contributed by atoms with van der Waals surface area (Å²) in [7, 11) is 0. The third-order valence-corrected chi connectivity index (χ3v) is 9.55. The van der Waals surface area contributed by atoms with E-state index in [9.17, 15) is 0 Å². The summed E-state index contributed by atoms with van der Waals surface area (Å²) in [6.07, 6.45) is 0. The van der Waals surface area contributed by atoms with E-state index in [2.05, 4.69) is 102 Å². The molecule has 0 spiro atoms. The predicted molar refractivity (Wildman–Crippen MR) is 192 cm³/mol. The Kier molecular flexibility index (Phi) is 6.20. The van der Waals surface area contributed by atoms with E-state index in [1.807, 2.05) is 53.1 Å². The standard InChI is InChI=1S/C40H24Cl2N4/c41-37-32-24-27(26-19-21-35-31(23-26)29-15-8-10-18-34(29)45(35)28-13-5-2-6-14-28)20-22-36(32)46(39(37)42)40-43-33-17-9-7-16-30(33)38(44-40)25-11-3-1-4-12-25/h1-24H. The van der Waals surface area contributed by atoms with E-state index in [1.54, 1.807) is 0 Å². The smallest absolute Gasteiger partial charge is 0.236 e. The molecule has 0 atom stereocenters. The van der Waals surface area contributed by atoms with Crippen LogP contribution < -0.4 is 0 Å². The molecule has 0 amide bonds. The van der Waals surface area contributed by atoms with Crippen molar-refractivity contribution < 1.29 is 0 Å². The molecule has 0 aliphatic heterocycles. The Morgan fingerprint density at radius 3 is 1.78 bits per heavy atom. The Morgan fingerprint density at radius 1 is 0.435 bits per heavy atom. The summed E-state index contributed by atoms with van der Waals surface area (Å²) in [5.74, 6) is 0.474. The zero-order chi connectivity index (χ0) is 30.8. The highest BCUT2D eigenvalue weighted by Crippen LogP contribution is 2.40. The van der Waals surface area contributed by atoms with Crippen molar-refractivity contribution in [1.29, 1.82) is 0 Å². The maximum atomic E-state index is 6.97. The lowest BCUT2D eigenvalue weighted by Crippen LogP contribution is -2.03. The number of nitrogens with zero attached hydrogens (tertiary/aromatic N) is 4. The molecule has 0 saturated heterocycles. The summed E-state index contributed by atoms with van der Waals surface area (Å²) in [6, 6.07) is 50.1. The van der Waals surface area contributed by atoms with E-state index in [4.69, 9.17) is 33.2 Å². The molecule has 46 heavy (non-hydrogen) atoms. The first kappa shape index (κ1) is 26.9. The van der Waals surface area contributed by atoms with E-state index < -0.39 is 0 Å². The van der Waals surface area contributed by atoms with Gasteiger partial charge < -0.3 is 4.57 Å². The Balaban J connectivity index is 1.21. The maximum absolute atomic E-state index is 6.97. The first-order valence-corrected chi connectivity index (χ1v) is 15.8. The maximum Gasteiger partial charge on any atom is 0.236 e. The van der Waals surface area contributed by atoms with Crippen LogP contribution in [0.4, 0.5) is 0 Å². The highest BCUT2D eigenvalue weighted by Gasteiger charge is 2.21. The molecule has 0 N–H and O–H groups in total. The molecule has 0 aliphatic rings. The summed E-state index contributed by atoms with van der Waals surface area (Å²) in [5, 5.41) is 5.06.